The second-order valence-corrected chi connectivity index (χ2v) is 6.13. The highest BCUT2D eigenvalue weighted by Crippen LogP contribution is 2.23. The third kappa shape index (κ3) is 4.40. The number of nitrogens with zero attached hydrogens (tertiary/aromatic N) is 2. The molecule has 0 bridgehead atoms. The molecule has 23 heavy (non-hydrogen) atoms. The Labute approximate surface area is 143 Å². The van der Waals surface area contributed by atoms with Gasteiger partial charge in [-0.1, -0.05) is 13.0 Å². The number of fused-ring (bicyclic) bond motifs is 1. The Morgan fingerprint density at radius 2 is 2.04 bits per heavy atom. The summed E-state index contributed by atoms with van der Waals surface area (Å²) < 4.78 is 13.9. The molecular weight excluding hydrogens is 313 g/mol. The number of aromatic nitrogens is 1. The fraction of sp³-hybridized carbons (Fsp3) is 0.500. The van der Waals surface area contributed by atoms with Crippen molar-refractivity contribution < 1.29 is 4.39 Å². The first kappa shape index (κ1) is 18.1. The summed E-state index contributed by atoms with van der Waals surface area (Å²) in [7, 11) is 0. The van der Waals surface area contributed by atoms with E-state index in [0.717, 1.165) is 49.7 Å². The van der Waals surface area contributed by atoms with Gasteiger partial charge in [-0.15, -0.1) is 12.4 Å². The zero-order valence-corrected chi connectivity index (χ0v) is 14.4. The Bertz CT molecular complexity index is 627. The molecule has 2 heterocycles. The van der Waals surface area contributed by atoms with Gasteiger partial charge >= 0.3 is 0 Å². The van der Waals surface area contributed by atoms with E-state index in [1.807, 2.05) is 12.1 Å². The van der Waals surface area contributed by atoms with Crippen molar-refractivity contribution in [2.24, 2.45) is 5.92 Å². The lowest BCUT2D eigenvalue weighted by molar-refractivity contribution is 0.176. The topological polar surface area (TPSA) is 28.2 Å². The van der Waals surface area contributed by atoms with Gasteiger partial charge in [0.1, 0.15) is 5.82 Å². The lowest BCUT2D eigenvalue weighted by Gasteiger charge is -2.32. The number of hydrogen-bond acceptors (Lipinski definition) is 3. The third-order valence-corrected chi connectivity index (χ3v) is 4.58. The molecule has 0 amide bonds. The van der Waals surface area contributed by atoms with E-state index in [2.05, 4.69) is 22.1 Å². The summed E-state index contributed by atoms with van der Waals surface area (Å²) in [6.07, 6.45) is 4.22. The quantitative estimate of drug-likeness (QED) is 0.903. The predicted octanol–water partition coefficient (Wildman–Crippen LogP) is 3.62. The fourth-order valence-corrected chi connectivity index (χ4v) is 3.26. The molecule has 5 heteroatoms. The maximum Gasteiger partial charge on any atom is 0.132 e. The first-order valence-electron chi connectivity index (χ1n) is 8.23. The molecule has 1 aliphatic rings. The monoisotopic (exact) mass is 337 g/mol. The van der Waals surface area contributed by atoms with Gasteiger partial charge in [0, 0.05) is 18.1 Å². The molecule has 3 rings (SSSR count). The minimum Gasteiger partial charge on any atom is -0.317 e. The van der Waals surface area contributed by atoms with E-state index >= 15 is 0 Å². The molecule has 2 aromatic rings. The number of likely N-dealkylation sites (tertiary alicyclic amines) is 1. The number of halogens is 2. The van der Waals surface area contributed by atoms with Crippen molar-refractivity contribution in [2.45, 2.75) is 26.3 Å². The number of benzene rings is 1. The largest absolute Gasteiger partial charge is 0.317 e. The van der Waals surface area contributed by atoms with Crippen LogP contribution in [0.15, 0.2) is 30.5 Å². The summed E-state index contributed by atoms with van der Waals surface area (Å²) in [6, 6.07) is 7.05. The molecule has 0 radical (unpaired) electrons. The van der Waals surface area contributed by atoms with Crippen LogP contribution >= 0.6 is 12.4 Å². The molecule has 0 atom stereocenters. The lowest BCUT2D eigenvalue weighted by Crippen LogP contribution is -2.36. The summed E-state index contributed by atoms with van der Waals surface area (Å²) in [6.45, 7) is 7.42. The highest BCUT2D eigenvalue weighted by atomic mass is 35.5. The predicted molar refractivity (Wildman–Crippen MR) is 95.5 cm³/mol. The highest BCUT2D eigenvalue weighted by Gasteiger charge is 2.19. The SMILES string of the molecule is CCNCC1CCN(Cc2ccc(F)c3cccnc23)CC1.Cl. The molecule has 1 aromatic heterocycles. The van der Waals surface area contributed by atoms with Crippen LogP contribution in [-0.2, 0) is 6.54 Å². The van der Waals surface area contributed by atoms with Crippen LogP contribution in [-0.4, -0.2) is 36.1 Å². The number of piperidine rings is 1. The molecule has 0 saturated carbocycles. The Balaban J connectivity index is 0.00000192. The first-order chi connectivity index (χ1) is 10.8. The maximum absolute atomic E-state index is 13.9. The van der Waals surface area contributed by atoms with Crippen molar-refractivity contribution in [3.8, 4) is 0 Å². The Hall–Kier alpha value is -1.23. The molecule has 0 spiro atoms. The van der Waals surface area contributed by atoms with Gasteiger partial charge in [-0.25, -0.2) is 4.39 Å². The van der Waals surface area contributed by atoms with Crippen LogP contribution in [0.3, 0.4) is 0 Å². The standard InChI is InChI=1S/C18H24FN3.ClH/c1-2-20-12-14-7-10-22(11-8-14)13-15-5-6-17(19)16-4-3-9-21-18(15)16;/h3-6,9,14,20H,2,7-8,10-13H2,1H3;1H. The zero-order chi connectivity index (χ0) is 15.4. The molecule has 1 aromatic carbocycles. The Morgan fingerprint density at radius 3 is 2.78 bits per heavy atom. The van der Waals surface area contributed by atoms with E-state index in [0.29, 0.717) is 5.39 Å². The van der Waals surface area contributed by atoms with Gasteiger partial charge in [0.2, 0.25) is 0 Å². The molecule has 1 N–H and O–H groups in total. The van der Waals surface area contributed by atoms with Crippen molar-refractivity contribution >= 4 is 23.3 Å². The van der Waals surface area contributed by atoms with Crippen LogP contribution < -0.4 is 5.32 Å². The number of rotatable bonds is 5. The van der Waals surface area contributed by atoms with Crippen molar-refractivity contribution in [1.82, 2.24) is 15.2 Å². The minimum absolute atomic E-state index is 0. The van der Waals surface area contributed by atoms with E-state index in [9.17, 15) is 4.39 Å². The van der Waals surface area contributed by atoms with Crippen LogP contribution in [0.4, 0.5) is 4.39 Å². The van der Waals surface area contributed by atoms with Crippen LogP contribution in [0.5, 0.6) is 0 Å². The summed E-state index contributed by atoms with van der Waals surface area (Å²) in [5, 5.41) is 4.07. The first-order valence-corrected chi connectivity index (χ1v) is 8.23. The summed E-state index contributed by atoms with van der Waals surface area (Å²) in [4.78, 5) is 6.85. The third-order valence-electron chi connectivity index (χ3n) is 4.58. The lowest BCUT2D eigenvalue weighted by atomic mass is 9.96. The van der Waals surface area contributed by atoms with Crippen LogP contribution in [0.1, 0.15) is 25.3 Å². The summed E-state index contributed by atoms with van der Waals surface area (Å²) in [5.74, 6) is 0.607. The number of nitrogens with one attached hydrogen (secondary N) is 1. The second-order valence-electron chi connectivity index (χ2n) is 6.13. The molecule has 0 unspecified atom stereocenters. The van der Waals surface area contributed by atoms with Gasteiger partial charge in [-0.2, -0.15) is 0 Å². The van der Waals surface area contributed by atoms with Gasteiger partial charge in [0.05, 0.1) is 5.52 Å². The summed E-state index contributed by atoms with van der Waals surface area (Å²) >= 11 is 0. The molecule has 1 fully saturated rings. The smallest absolute Gasteiger partial charge is 0.132 e. The zero-order valence-electron chi connectivity index (χ0n) is 13.6. The van der Waals surface area contributed by atoms with Gasteiger partial charge < -0.3 is 5.32 Å². The van der Waals surface area contributed by atoms with E-state index in [-0.39, 0.29) is 18.2 Å². The number of hydrogen-bond donors (Lipinski definition) is 1. The van der Waals surface area contributed by atoms with E-state index in [1.54, 1.807) is 18.3 Å². The Morgan fingerprint density at radius 1 is 1.26 bits per heavy atom. The molecule has 3 nitrogen and oxygen atoms in total. The van der Waals surface area contributed by atoms with Crippen LogP contribution in [0, 0.1) is 11.7 Å². The van der Waals surface area contributed by atoms with Gasteiger partial charge in [-0.3, -0.25) is 9.88 Å². The minimum atomic E-state index is -0.184. The van der Waals surface area contributed by atoms with Crippen molar-refractivity contribution in [3.63, 3.8) is 0 Å². The fourth-order valence-electron chi connectivity index (χ4n) is 3.26. The van der Waals surface area contributed by atoms with Gasteiger partial charge in [0.25, 0.3) is 0 Å². The highest BCUT2D eigenvalue weighted by molar-refractivity contribution is 5.85. The van der Waals surface area contributed by atoms with E-state index < -0.39 is 0 Å². The van der Waals surface area contributed by atoms with E-state index in [4.69, 9.17) is 0 Å². The van der Waals surface area contributed by atoms with Crippen molar-refractivity contribution in [1.29, 1.82) is 0 Å². The Kier molecular flexibility index (Phi) is 6.75. The molecule has 126 valence electrons. The van der Waals surface area contributed by atoms with Gasteiger partial charge in [-0.05, 0) is 68.7 Å². The second kappa shape index (κ2) is 8.57. The van der Waals surface area contributed by atoms with Crippen molar-refractivity contribution in [2.75, 3.05) is 26.2 Å². The summed E-state index contributed by atoms with van der Waals surface area (Å²) in [5.41, 5.74) is 1.93. The molecule has 0 aliphatic carbocycles. The average Bonchev–Trinajstić information content (AvgIpc) is 2.57. The molecule has 1 aliphatic heterocycles. The molecule has 1 saturated heterocycles. The van der Waals surface area contributed by atoms with Crippen LogP contribution in [0.2, 0.25) is 0 Å². The van der Waals surface area contributed by atoms with E-state index in [1.165, 1.54) is 12.8 Å². The molecular formula is C18H25ClFN3. The van der Waals surface area contributed by atoms with Crippen LogP contribution in [0.25, 0.3) is 10.9 Å². The average molecular weight is 338 g/mol. The normalized spacial score (nSPS) is 16.4. The van der Waals surface area contributed by atoms with Gasteiger partial charge in [0.15, 0.2) is 0 Å². The number of pyridine rings is 1. The maximum atomic E-state index is 13.9. The van der Waals surface area contributed by atoms with Crippen molar-refractivity contribution in [3.05, 3.63) is 41.8 Å².